The average molecular weight is 513 g/mol. The molecule has 36 heavy (non-hydrogen) atoms. The number of aromatic nitrogens is 1. The van der Waals surface area contributed by atoms with Crippen LogP contribution in [0.5, 0.6) is 5.75 Å². The predicted molar refractivity (Wildman–Crippen MR) is 141 cm³/mol. The Morgan fingerprint density at radius 3 is 2.42 bits per heavy atom. The maximum atomic E-state index is 12.8. The molecule has 1 unspecified atom stereocenters. The van der Waals surface area contributed by atoms with E-state index in [4.69, 9.17) is 9.47 Å². The van der Waals surface area contributed by atoms with Gasteiger partial charge in [-0.2, -0.15) is 0 Å². The van der Waals surface area contributed by atoms with Crippen LogP contribution in [0.25, 0.3) is 0 Å². The van der Waals surface area contributed by atoms with Crippen LogP contribution in [0.15, 0.2) is 42.6 Å². The van der Waals surface area contributed by atoms with Crippen molar-refractivity contribution in [2.24, 2.45) is 11.3 Å². The first-order valence-electron chi connectivity index (χ1n) is 12.4. The molecular weight excluding hydrogens is 476 g/mol. The van der Waals surface area contributed by atoms with Crippen molar-refractivity contribution in [2.75, 3.05) is 13.3 Å². The second-order valence-electron chi connectivity index (χ2n) is 10.1. The minimum atomic E-state index is -0.674. The molecule has 1 aromatic carbocycles. The molecule has 0 radical (unpaired) electrons. The molecule has 0 saturated carbocycles. The molecule has 2 aromatic rings. The molecule has 0 N–H and O–H groups in total. The molecule has 0 spiro atoms. The van der Waals surface area contributed by atoms with Crippen molar-refractivity contribution in [2.45, 2.75) is 65.6 Å². The van der Waals surface area contributed by atoms with E-state index in [0.717, 1.165) is 46.5 Å². The number of carbonyl (C=O) groups is 3. The molecule has 2 heterocycles. The highest BCUT2D eigenvalue weighted by Crippen LogP contribution is 2.31. The van der Waals surface area contributed by atoms with Crippen LogP contribution < -0.4 is 4.74 Å². The summed E-state index contributed by atoms with van der Waals surface area (Å²) in [5.74, 6) is 0.327. The van der Waals surface area contributed by atoms with Gasteiger partial charge in [0.05, 0.1) is 17.3 Å². The minimum absolute atomic E-state index is 0.328. The number of ether oxygens (including phenoxy) is 2. The Labute approximate surface area is 218 Å². The minimum Gasteiger partial charge on any atom is -0.493 e. The summed E-state index contributed by atoms with van der Waals surface area (Å²) in [4.78, 5) is 43.1. The Morgan fingerprint density at radius 2 is 1.81 bits per heavy atom. The van der Waals surface area contributed by atoms with Gasteiger partial charge >= 0.3 is 5.97 Å². The van der Waals surface area contributed by atoms with Crippen molar-refractivity contribution in [1.82, 2.24) is 9.88 Å². The van der Waals surface area contributed by atoms with E-state index in [2.05, 4.69) is 18.0 Å². The first-order valence-corrected chi connectivity index (χ1v) is 13.3. The fraction of sp³-hybridized carbons (Fsp3) is 0.500. The zero-order valence-electron chi connectivity index (χ0n) is 21.8. The van der Waals surface area contributed by atoms with Crippen LogP contribution in [-0.4, -0.2) is 45.6 Å². The quantitative estimate of drug-likeness (QED) is 0.350. The van der Waals surface area contributed by atoms with Crippen molar-refractivity contribution < 1.29 is 23.9 Å². The van der Waals surface area contributed by atoms with Crippen LogP contribution in [0.1, 0.15) is 57.9 Å². The Hall–Kier alpha value is -2.87. The highest BCUT2D eigenvalue weighted by molar-refractivity contribution is 8.15. The maximum Gasteiger partial charge on any atom is 0.313 e. The van der Waals surface area contributed by atoms with Crippen LogP contribution in [0.4, 0.5) is 4.79 Å². The molecule has 1 aliphatic heterocycles. The number of hydrogen-bond acceptors (Lipinski definition) is 7. The molecular formula is C28H36N2O5S. The van der Waals surface area contributed by atoms with Gasteiger partial charge in [-0.3, -0.25) is 19.4 Å². The second kappa shape index (κ2) is 12.4. The van der Waals surface area contributed by atoms with E-state index in [1.165, 1.54) is 5.56 Å². The lowest BCUT2D eigenvalue weighted by atomic mass is 9.84. The highest BCUT2D eigenvalue weighted by atomic mass is 32.2. The van der Waals surface area contributed by atoms with Gasteiger partial charge in [0, 0.05) is 18.3 Å². The number of esters is 1. The van der Waals surface area contributed by atoms with Crippen molar-refractivity contribution in [1.29, 1.82) is 0 Å². The molecule has 0 bridgehead atoms. The van der Waals surface area contributed by atoms with Gasteiger partial charge in [0.2, 0.25) is 5.91 Å². The summed E-state index contributed by atoms with van der Waals surface area (Å²) >= 11 is 0.973. The summed E-state index contributed by atoms with van der Waals surface area (Å²) in [5, 5.41) is -0.927. The third kappa shape index (κ3) is 7.56. The Bertz CT molecular complexity index is 1050. The monoisotopic (exact) mass is 512 g/mol. The van der Waals surface area contributed by atoms with E-state index >= 15 is 0 Å². The lowest BCUT2D eigenvalue weighted by molar-refractivity contribution is -0.159. The third-order valence-electron chi connectivity index (χ3n) is 6.07. The number of rotatable bonds is 12. The van der Waals surface area contributed by atoms with Gasteiger partial charge in [-0.25, -0.2) is 4.90 Å². The van der Waals surface area contributed by atoms with Gasteiger partial charge in [0.25, 0.3) is 5.24 Å². The fourth-order valence-electron chi connectivity index (χ4n) is 4.19. The van der Waals surface area contributed by atoms with E-state index in [-0.39, 0.29) is 17.9 Å². The molecule has 194 valence electrons. The number of imide groups is 1. The lowest BCUT2D eigenvalue weighted by Gasteiger charge is -2.25. The molecule has 7 nitrogen and oxygen atoms in total. The highest BCUT2D eigenvalue weighted by Gasteiger charge is 2.41. The zero-order valence-corrected chi connectivity index (χ0v) is 22.6. The first-order chi connectivity index (χ1) is 17.1. The van der Waals surface area contributed by atoms with E-state index in [9.17, 15) is 14.4 Å². The largest absolute Gasteiger partial charge is 0.493 e. The molecule has 1 fully saturated rings. The number of carbonyl (C=O) groups excluding carboxylic acids is 3. The summed E-state index contributed by atoms with van der Waals surface area (Å²) in [6, 6.07) is 11.6. The second-order valence-corrected chi connectivity index (χ2v) is 11.3. The number of benzene rings is 1. The van der Waals surface area contributed by atoms with Crippen molar-refractivity contribution in [3.63, 3.8) is 0 Å². The van der Waals surface area contributed by atoms with E-state index in [0.29, 0.717) is 25.4 Å². The molecule has 1 atom stereocenters. The Kier molecular flexibility index (Phi) is 9.54. The summed E-state index contributed by atoms with van der Waals surface area (Å²) in [7, 11) is 0. The first kappa shape index (κ1) is 27.7. The summed E-state index contributed by atoms with van der Waals surface area (Å²) in [5.41, 5.74) is 2.45. The topological polar surface area (TPSA) is 85.8 Å². The number of thioether (sulfide) groups is 1. The number of pyridine rings is 1. The third-order valence-corrected chi connectivity index (χ3v) is 7.14. The average Bonchev–Trinajstić information content (AvgIpc) is 3.10. The SMILES string of the molecule is CCc1ccc(CCOc2ccc(CC3SC(=O)N(COC(=O)C(C)(C)CC(C)C)C3=O)cc2)nc1. The zero-order chi connectivity index (χ0) is 26.3. The number of amides is 2. The molecule has 1 aromatic heterocycles. The molecule has 8 heteroatoms. The normalized spacial score (nSPS) is 16.1. The van der Waals surface area contributed by atoms with Crippen molar-refractivity contribution in [3.8, 4) is 5.75 Å². The van der Waals surface area contributed by atoms with E-state index in [1.807, 2.05) is 64.2 Å². The van der Waals surface area contributed by atoms with Gasteiger partial charge in [-0.05, 0) is 68.4 Å². The molecule has 3 rings (SSSR count). The van der Waals surface area contributed by atoms with Gasteiger partial charge in [-0.1, -0.05) is 50.7 Å². The standard InChI is InChI=1S/C28H36N2O5S/c1-6-20-7-10-22(29-17-20)13-14-34-23-11-8-21(9-12-23)15-24-25(31)30(27(33)36-24)18-35-26(32)28(4,5)16-19(2)3/h7-12,17,19,24H,6,13-16,18H2,1-5H3. The fourth-order valence-corrected chi connectivity index (χ4v) is 5.21. The number of aryl methyl sites for hydroxylation is 1. The van der Waals surface area contributed by atoms with Gasteiger partial charge < -0.3 is 9.47 Å². The van der Waals surface area contributed by atoms with Gasteiger partial charge in [0.1, 0.15) is 5.75 Å². The summed E-state index contributed by atoms with van der Waals surface area (Å²) in [6.07, 6.45) is 4.66. The predicted octanol–water partition coefficient (Wildman–Crippen LogP) is 5.45. The Morgan fingerprint density at radius 1 is 1.11 bits per heavy atom. The van der Waals surface area contributed by atoms with Crippen LogP contribution in [0.3, 0.4) is 0 Å². The number of hydrogen-bond donors (Lipinski definition) is 0. The lowest BCUT2D eigenvalue weighted by Crippen LogP contribution is -2.37. The van der Waals surface area contributed by atoms with Crippen molar-refractivity contribution in [3.05, 3.63) is 59.4 Å². The molecule has 1 aliphatic rings. The van der Waals surface area contributed by atoms with E-state index in [1.54, 1.807) is 0 Å². The Balaban J connectivity index is 1.47. The van der Waals surface area contributed by atoms with Gasteiger partial charge in [0.15, 0.2) is 6.73 Å². The number of nitrogens with zero attached hydrogens (tertiary/aromatic N) is 2. The maximum absolute atomic E-state index is 12.8. The smallest absolute Gasteiger partial charge is 0.313 e. The van der Waals surface area contributed by atoms with Crippen LogP contribution in [0, 0.1) is 11.3 Å². The summed E-state index contributed by atoms with van der Waals surface area (Å²) in [6.45, 7) is 9.97. The van der Waals surface area contributed by atoms with Crippen LogP contribution >= 0.6 is 11.8 Å². The van der Waals surface area contributed by atoms with E-state index < -0.39 is 16.6 Å². The molecule has 1 saturated heterocycles. The van der Waals surface area contributed by atoms with Crippen molar-refractivity contribution >= 4 is 28.9 Å². The van der Waals surface area contributed by atoms with Crippen LogP contribution in [0.2, 0.25) is 0 Å². The van der Waals surface area contributed by atoms with Crippen LogP contribution in [-0.2, 0) is 33.6 Å². The summed E-state index contributed by atoms with van der Waals surface area (Å²) < 4.78 is 11.2. The molecule has 2 amide bonds. The van der Waals surface area contributed by atoms with Gasteiger partial charge in [-0.15, -0.1) is 0 Å². The molecule has 0 aliphatic carbocycles.